The van der Waals surface area contributed by atoms with Crippen LogP contribution in [-0.2, 0) is 4.79 Å². The average Bonchev–Trinajstić information content (AvgIpc) is 2.77. The number of carbonyl (C=O) groups excluding carboxylic acids is 1. The van der Waals surface area contributed by atoms with Crippen LogP contribution in [0.15, 0.2) is 28.9 Å². The summed E-state index contributed by atoms with van der Waals surface area (Å²) in [6.45, 7) is 3.61. The molecule has 0 bridgehead atoms. The monoisotopic (exact) mass is 246 g/mol. The summed E-state index contributed by atoms with van der Waals surface area (Å²) in [5.41, 5.74) is 0.670. The summed E-state index contributed by atoms with van der Waals surface area (Å²) in [6, 6.07) is 5.31. The number of amides is 1. The van der Waals surface area contributed by atoms with Crippen molar-refractivity contribution in [2.75, 3.05) is 10.6 Å². The highest BCUT2D eigenvalue weighted by Crippen LogP contribution is 2.15. The minimum Gasteiger partial charge on any atom is -0.360 e. The Balaban J connectivity index is 2.01. The van der Waals surface area contributed by atoms with Crippen molar-refractivity contribution in [2.24, 2.45) is 0 Å². The zero-order valence-electron chi connectivity index (χ0n) is 10.2. The van der Waals surface area contributed by atoms with Crippen LogP contribution >= 0.6 is 0 Å². The van der Waals surface area contributed by atoms with Crippen LogP contribution in [0.25, 0.3) is 0 Å². The minimum absolute atomic E-state index is 0.0374. The second-order valence-electron chi connectivity index (χ2n) is 3.78. The SMILES string of the molecule is CCC(=O)Nc1ccc(Nc2cc(C)on2)nc1. The van der Waals surface area contributed by atoms with E-state index in [4.69, 9.17) is 4.52 Å². The summed E-state index contributed by atoms with van der Waals surface area (Å²) in [5.74, 6) is 1.93. The van der Waals surface area contributed by atoms with E-state index in [0.717, 1.165) is 5.76 Å². The van der Waals surface area contributed by atoms with Gasteiger partial charge in [0.2, 0.25) is 5.91 Å². The Hall–Kier alpha value is -2.37. The molecule has 2 rings (SSSR count). The molecule has 0 aliphatic heterocycles. The van der Waals surface area contributed by atoms with Crippen LogP contribution in [0.3, 0.4) is 0 Å². The van der Waals surface area contributed by atoms with Crippen molar-refractivity contribution in [1.82, 2.24) is 10.1 Å². The summed E-state index contributed by atoms with van der Waals surface area (Å²) in [5, 5.41) is 9.51. The van der Waals surface area contributed by atoms with Crippen LogP contribution < -0.4 is 10.6 Å². The molecule has 2 aromatic rings. The Morgan fingerprint density at radius 2 is 2.22 bits per heavy atom. The van der Waals surface area contributed by atoms with E-state index < -0.39 is 0 Å². The highest BCUT2D eigenvalue weighted by atomic mass is 16.5. The van der Waals surface area contributed by atoms with Gasteiger partial charge < -0.3 is 15.2 Å². The summed E-state index contributed by atoms with van der Waals surface area (Å²) < 4.78 is 4.93. The first kappa shape index (κ1) is 12.1. The first-order chi connectivity index (χ1) is 8.67. The van der Waals surface area contributed by atoms with Crippen molar-refractivity contribution in [3.05, 3.63) is 30.2 Å². The molecule has 0 aromatic carbocycles. The molecule has 2 N–H and O–H groups in total. The van der Waals surface area contributed by atoms with Crippen LogP contribution in [0, 0.1) is 6.92 Å². The molecule has 0 fully saturated rings. The van der Waals surface area contributed by atoms with Crippen molar-refractivity contribution >= 4 is 23.2 Å². The Morgan fingerprint density at radius 1 is 1.39 bits per heavy atom. The summed E-state index contributed by atoms with van der Waals surface area (Å²) in [4.78, 5) is 15.3. The number of nitrogens with zero attached hydrogens (tertiary/aromatic N) is 2. The lowest BCUT2D eigenvalue weighted by Gasteiger charge is -2.04. The Kier molecular flexibility index (Phi) is 3.57. The smallest absolute Gasteiger partial charge is 0.224 e. The van der Waals surface area contributed by atoms with Gasteiger partial charge in [0.05, 0.1) is 11.9 Å². The molecule has 0 aliphatic carbocycles. The molecule has 0 atom stereocenters. The van der Waals surface area contributed by atoms with Gasteiger partial charge in [0.25, 0.3) is 0 Å². The van der Waals surface area contributed by atoms with Gasteiger partial charge in [-0.1, -0.05) is 12.1 Å². The number of aryl methyl sites for hydroxylation is 1. The van der Waals surface area contributed by atoms with E-state index in [2.05, 4.69) is 20.8 Å². The third kappa shape index (κ3) is 3.07. The predicted octanol–water partition coefficient (Wildman–Crippen LogP) is 2.47. The molecule has 0 saturated carbocycles. The first-order valence-electron chi connectivity index (χ1n) is 5.63. The van der Waals surface area contributed by atoms with E-state index in [-0.39, 0.29) is 5.91 Å². The number of rotatable bonds is 4. The molecule has 0 radical (unpaired) electrons. The molecule has 0 aliphatic rings. The standard InChI is InChI=1S/C12H14N4O2/c1-3-12(17)14-9-4-5-10(13-7-9)15-11-6-8(2)18-16-11/h4-7H,3H2,1-2H3,(H,14,17)(H,13,15,16). The third-order valence-corrected chi connectivity index (χ3v) is 2.25. The van der Waals surface area contributed by atoms with Gasteiger partial charge in [-0.3, -0.25) is 4.79 Å². The molecule has 0 saturated heterocycles. The second-order valence-corrected chi connectivity index (χ2v) is 3.78. The summed E-state index contributed by atoms with van der Waals surface area (Å²) in [7, 11) is 0. The van der Waals surface area contributed by atoms with Crippen molar-refractivity contribution in [3.63, 3.8) is 0 Å². The van der Waals surface area contributed by atoms with E-state index in [1.54, 1.807) is 31.3 Å². The molecule has 0 spiro atoms. The van der Waals surface area contributed by atoms with Gasteiger partial charge in [-0.2, -0.15) is 0 Å². The quantitative estimate of drug-likeness (QED) is 0.866. The Bertz CT molecular complexity index is 533. The maximum atomic E-state index is 11.2. The first-order valence-corrected chi connectivity index (χ1v) is 5.63. The number of carbonyl (C=O) groups is 1. The van der Waals surface area contributed by atoms with E-state index in [1.807, 2.05) is 6.92 Å². The normalized spacial score (nSPS) is 10.1. The van der Waals surface area contributed by atoms with Crippen molar-refractivity contribution in [2.45, 2.75) is 20.3 Å². The number of hydrogen-bond donors (Lipinski definition) is 2. The fraction of sp³-hybridized carbons (Fsp3) is 0.250. The molecular weight excluding hydrogens is 232 g/mol. The number of hydrogen-bond acceptors (Lipinski definition) is 5. The van der Waals surface area contributed by atoms with Gasteiger partial charge in [0, 0.05) is 12.5 Å². The molecule has 94 valence electrons. The van der Waals surface area contributed by atoms with Crippen LogP contribution in [0.4, 0.5) is 17.3 Å². The Labute approximate surface area is 104 Å². The topological polar surface area (TPSA) is 80.0 Å². The summed E-state index contributed by atoms with van der Waals surface area (Å²) in [6.07, 6.45) is 2.03. The molecule has 0 unspecified atom stereocenters. The lowest BCUT2D eigenvalue weighted by molar-refractivity contribution is -0.115. The summed E-state index contributed by atoms with van der Waals surface area (Å²) >= 11 is 0. The van der Waals surface area contributed by atoms with Gasteiger partial charge in [0.1, 0.15) is 11.6 Å². The second kappa shape index (κ2) is 5.31. The highest BCUT2D eigenvalue weighted by Gasteiger charge is 2.03. The third-order valence-electron chi connectivity index (χ3n) is 2.25. The van der Waals surface area contributed by atoms with E-state index in [0.29, 0.717) is 23.7 Å². The predicted molar refractivity (Wildman–Crippen MR) is 67.7 cm³/mol. The number of anilines is 3. The van der Waals surface area contributed by atoms with Crippen molar-refractivity contribution in [1.29, 1.82) is 0 Å². The van der Waals surface area contributed by atoms with Crippen LogP contribution in [0.5, 0.6) is 0 Å². The average molecular weight is 246 g/mol. The molecule has 6 heteroatoms. The van der Waals surface area contributed by atoms with Crippen LogP contribution in [0.1, 0.15) is 19.1 Å². The van der Waals surface area contributed by atoms with Gasteiger partial charge >= 0.3 is 0 Å². The fourth-order valence-electron chi connectivity index (χ4n) is 1.35. The van der Waals surface area contributed by atoms with Gasteiger partial charge in [-0.25, -0.2) is 4.98 Å². The lowest BCUT2D eigenvalue weighted by Crippen LogP contribution is -2.09. The molecule has 1 amide bonds. The van der Waals surface area contributed by atoms with Crippen LogP contribution in [0.2, 0.25) is 0 Å². The molecule has 6 nitrogen and oxygen atoms in total. The van der Waals surface area contributed by atoms with Gasteiger partial charge in [-0.05, 0) is 19.1 Å². The Morgan fingerprint density at radius 3 is 2.78 bits per heavy atom. The minimum atomic E-state index is -0.0374. The van der Waals surface area contributed by atoms with E-state index in [9.17, 15) is 4.79 Å². The maximum absolute atomic E-state index is 11.2. The number of nitrogens with one attached hydrogen (secondary N) is 2. The largest absolute Gasteiger partial charge is 0.360 e. The fourth-order valence-corrected chi connectivity index (χ4v) is 1.35. The van der Waals surface area contributed by atoms with Gasteiger partial charge in [-0.15, -0.1) is 0 Å². The van der Waals surface area contributed by atoms with Crippen molar-refractivity contribution in [3.8, 4) is 0 Å². The van der Waals surface area contributed by atoms with E-state index in [1.165, 1.54) is 0 Å². The van der Waals surface area contributed by atoms with Crippen LogP contribution in [-0.4, -0.2) is 16.0 Å². The lowest BCUT2D eigenvalue weighted by atomic mass is 10.3. The number of aromatic nitrogens is 2. The van der Waals surface area contributed by atoms with Crippen molar-refractivity contribution < 1.29 is 9.32 Å². The maximum Gasteiger partial charge on any atom is 0.224 e. The molecular formula is C12H14N4O2. The number of pyridine rings is 1. The van der Waals surface area contributed by atoms with E-state index >= 15 is 0 Å². The molecule has 18 heavy (non-hydrogen) atoms. The highest BCUT2D eigenvalue weighted by molar-refractivity contribution is 5.90. The molecule has 2 heterocycles. The zero-order chi connectivity index (χ0) is 13.0. The zero-order valence-corrected chi connectivity index (χ0v) is 10.2. The van der Waals surface area contributed by atoms with Gasteiger partial charge in [0.15, 0.2) is 5.82 Å². The molecule has 2 aromatic heterocycles.